The van der Waals surface area contributed by atoms with Gasteiger partial charge in [-0.15, -0.1) is 0 Å². The Bertz CT molecular complexity index is 907. The molecular weight excluding hydrogens is 354 g/mol. The third-order valence-corrected chi connectivity index (χ3v) is 5.89. The van der Waals surface area contributed by atoms with Gasteiger partial charge in [0, 0.05) is 7.05 Å². The number of sulfonamides is 1. The van der Waals surface area contributed by atoms with Crippen LogP contribution in [0.5, 0.6) is 5.75 Å². The van der Waals surface area contributed by atoms with E-state index in [2.05, 4.69) is 9.71 Å². The van der Waals surface area contributed by atoms with Crippen LogP contribution in [-0.4, -0.2) is 31.0 Å². The Morgan fingerprint density at radius 1 is 1.46 bits per heavy atom. The van der Waals surface area contributed by atoms with Crippen LogP contribution in [0.25, 0.3) is 0 Å². The van der Waals surface area contributed by atoms with Gasteiger partial charge in [-0.25, -0.2) is 9.71 Å². The van der Waals surface area contributed by atoms with Gasteiger partial charge in [-0.05, 0) is 47.7 Å². The zero-order valence-electron chi connectivity index (χ0n) is 13.1. The smallest absolute Gasteiger partial charge is 0.281 e. The number of aryl methyl sites for hydroxylation is 1. The van der Waals surface area contributed by atoms with Crippen molar-refractivity contribution in [2.45, 2.75) is 23.8 Å². The first-order chi connectivity index (χ1) is 11.3. The molecule has 1 amide bonds. The second-order valence-electron chi connectivity index (χ2n) is 5.55. The molecular formula is C15H16ClN3O4S. The fourth-order valence-corrected chi connectivity index (χ4v) is 4.21. The molecule has 0 saturated carbocycles. The molecule has 0 spiro atoms. The number of carbonyl (C=O) groups is 1. The fourth-order valence-electron chi connectivity index (χ4n) is 2.87. The van der Waals surface area contributed by atoms with Crippen LogP contribution >= 0.6 is 11.6 Å². The molecule has 1 atom stereocenters. The highest BCUT2D eigenvalue weighted by Gasteiger charge is 2.32. The van der Waals surface area contributed by atoms with E-state index in [4.69, 9.17) is 16.3 Å². The van der Waals surface area contributed by atoms with Gasteiger partial charge in [0.2, 0.25) is 11.2 Å². The largest absolute Gasteiger partial charge is 0.497 e. The molecule has 24 heavy (non-hydrogen) atoms. The Kier molecular flexibility index (Phi) is 4.27. The van der Waals surface area contributed by atoms with Crippen LogP contribution < -0.4 is 9.46 Å². The average Bonchev–Trinajstić information content (AvgIpc) is 3.10. The Morgan fingerprint density at radius 3 is 2.83 bits per heavy atom. The second kappa shape index (κ2) is 6.10. The number of nitrogens with one attached hydrogen (secondary N) is 1. The van der Waals surface area contributed by atoms with E-state index >= 15 is 0 Å². The molecule has 1 heterocycles. The summed E-state index contributed by atoms with van der Waals surface area (Å²) in [5.41, 5.74) is 1.82. The molecule has 1 aliphatic carbocycles. The number of rotatable bonds is 4. The Morgan fingerprint density at radius 2 is 2.21 bits per heavy atom. The quantitative estimate of drug-likeness (QED) is 0.884. The molecule has 0 radical (unpaired) electrons. The zero-order valence-corrected chi connectivity index (χ0v) is 14.7. The summed E-state index contributed by atoms with van der Waals surface area (Å²) >= 11 is 5.76. The van der Waals surface area contributed by atoms with Gasteiger partial charge in [-0.2, -0.15) is 8.42 Å². The standard InChI is InChI=1S/C15H16ClN3O4S/c1-19-13(8-17-15(19)16)24(21,22)18-14(20)12-5-3-9-7-10(23-2)4-6-11(9)12/h4,6-8,12H,3,5H2,1-2H3,(H,18,20). The number of imidazole rings is 1. The number of aromatic nitrogens is 2. The van der Waals surface area contributed by atoms with Crippen molar-refractivity contribution in [3.05, 3.63) is 40.8 Å². The molecule has 128 valence electrons. The molecule has 2 aromatic rings. The fraction of sp³-hybridized carbons (Fsp3) is 0.333. The highest BCUT2D eigenvalue weighted by Crippen LogP contribution is 2.35. The summed E-state index contributed by atoms with van der Waals surface area (Å²) in [6, 6.07) is 5.44. The van der Waals surface area contributed by atoms with Gasteiger partial charge >= 0.3 is 0 Å². The maximum absolute atomic E-state index is 12.5. The summed E-state index contributed by atoms with van der Waals surface area (Å²) in [5, 5.41) is -0.130. The topological polar surface area (TPSA) is 90.3 Å². The number of benzene rings is 1. The first-order valence-electron chi connectivity index (χ1n) is 7.24. The van der Waals surface area contributed by atoms with Gasteiger partial charge in [0.1, 0.15) is 5.75 Å². The summed E-state index contributed by atoms with van der Waals surface area (Å²) in [6.45, 7) is 0. The van der Waals surface area contributed by atoms with Crippen LogP contribution in [0.2, 0.25) is 5.28 Å². The van der Waals surface area contributed by atoms with Gasteiger partial charge in [0.05, 0.1) is 19.2 Å². The second-order valence-corrected chi connectivity index (χ2v) is 7.52. The Balaban J connectivity index is 1.83. The normalized spacial score (nSPS) is 16.7. The van der Waals surface area contributed by atoms with E-state index in [0.29, 0.717) is 18.6 Å². The van der Waals surface area contributed by atoms with E-state index in [1.807, 2.05) is 6.07 Å². The molecule has 1 aromatic carbocycles. The summed E-state index contributed by atoms with van der Waals surface area (Å²) in [4.78, 5) is 16.2. The number of carbonyl (C=O) groups excluding carboxylic acids is 1. The van der Waals surface area contributed by atoms with Gasteiger partial charge < -0.3 is 9.30 Å². The summed E-state index contributed by atoms with van der Waals surface area (Å²) in [6.07, 6.45) is 2.36. The molecule has 0 aliphatic heterocycles. The summed E-state index contributed by atoms with van der Waals surface area (Å²) in [5.74, 6) is -0.354. The highest BCUT2D eigenvalue weighted by molar-refractivity contribution is 7.90. The van der Waals surface area contributed by atoms with Crippen molar-refractivity contribution in [3.63, 3.8) is 0 Å². The zero-order chi connectivity index (χ0) is 17.5. The number of hydrogen-bond donors (Lipinski definition) is 1. The number of halogens is 1. The van der Waals surface area contributed by atoms with Crippen molar-refractivity contribution in [2.24, 2.45) is 7.05 Å². The van der Waals surface area contributed by atoms with Crippen LogP contribution in [0.3, 0.4) is 0 Å². The summed E-state index contributed by atoms with van der Waals surface area (Å²) < 4.78 is 33.2. The predicted molar refractivity (Wildman–Crippen MR) is 87.6 cm³/mol. The molecule has 1 aliphatic rings. The van der Waals surface area contributed by atoms with Gasteiger partial charge in [0.25, 0.3) is 10.0 Å². The van der Waals surface area contributed by atoms with Crippen molar-refractivity contribution in [1.29, 1.82) is 0 Å². The minimum atomic E-state index is -4.03. The highest BCUT2D eigenvalue weighted by atomic mass is 35.5. The minimum Gasteiger partial charge on any atom is -0.497 e. The van der Waals surface area contributed by atoms with Crippen molar-refractivity contribution in [3.8, 4) is 5.75 Å². The van der Waals surface area contributed by atoms with Crippen LogP contribution in [0, 0.1) is 0 Å². The number of fused-ring (bicyclic) bond motifs is 1. The third-order valence-electron chi connectivity index (χ3n) is 4.14. The minimum absolute atomic E-state index is 0.0288. The van der Waals surface area contributed by atoms with Crippen LogP contribution in [0.1, 0.15) is 23.5 Å². The monoisotopic (exact) mass is 369 g/mol. The third kappa shape index (κ3) is 2.87. The number of ether oxygens (including phenoxy) is 1. The van der Waals surface area contributed by atoms with E-state index in [9.17, 15) is 13.2 Å². The molecule has 7 nitrogen and oxygen atoms in total. The lowest BCUT2D eigenvalue weighted by Crippen LogP contribution is -2.35. The SMILES string of the molecule is COc1ccc2c(c1)CCC2C(=O)NS(=O)(=O)c1cnc(Cl)n1C. The molecule has 0 bridgehead atoms. The molecule has 3 rings (SSSR count). The Labute approximate surface area is 144 Å². The predicted octanol–water partition coefficient (Wildman–Crippen LogP) is 1.62. The van der Waals surface area contributed by atoms with Gasteiger partial charge in [-0.3, -0.25) is 4.79 Å². The molecule has 0 saturated heterocycles. The van der Waals surface area contributed by atoms with E-state index in [-0.39, 0.29) is 10.3 Å². The average molecular weight is 370 g/mol. The van der Waals surface area contributed by atoms with Gasteiger partial charge in [-0.1, -0.05) is 6.07 Å². The maximum atomic E-state index is 12.5. The molecule has 0 fully saturated rings. The van der Waals surface area contributed by atoms with Crippen molar-refractivity contribution in [1.82, 2.24) is 14.3 Å². The van der Waals surface area contributed by atoms with Crippen LogP contribution in [0.15, 0.2) is 29.4 Å². The maximum Gasteiger partial charge on any atom is 0.281 e. The lowest BCUT2D eigenvalue weighted by atomic mass is 10.0. The number of nitrogens with zero attached hydrogens (tertiary/aromatic N) is 2. The van der Waals surface area contributed by atoms with Crippen LogP contribution in [-0.2, 0) is 28.3 Å². The molecule has 1 N–H and O–H groups in total. The first-order valence-corrected chi connectivity index (χ1v) is 9.10. The molecule has 1 aromatic heterocycles. The van der Waals surface area contributed by atoms with Crippen molar-refractivity contribution in [2.75, 3.05) is 7.11 Å². The number of methoxy groups -OCH3 is 1. The van der Waals surface area contributed by atoms with E-state index < -0.39 is 21.8 Å². The van der Waals surface area contributed by atoms with Crippen molar-refractivity contribution >= 4 is 27.5 Å². The van der Waals surface area contributed by atoms with E-state index in [1.54, 1.807) is 19.2 Å². The summed E-state index contributed by atoms with van der Waals surface area (Å²) in [7, 11) is -0.991. The number of hydrogen-bond acceptors (Lipinski definition) is 5. The van der Waals surface area contributed by atoms with Crippen LogP contribution in [0.4, 0.5) is 0 Å². The molecule has 1 unspecified atom stereocenters. The molecule has 9 heteroatoms. The lowest BCUT2D eigenvalue weighted by molar-refractivity contribution is -0.120. The van der Waals surface area contributed by atoms with Gasteiger partial charge in [0.15, 0.2) is 5.03 Å². The van der Waals surface area contributed by atoms with E-state index in [1.165, 1.54) is 11.6 Å². The Hall–Kier alpha value is -2.06. The van der Waals surface area contributed by atoms with E-state index in [0.717, 1.165) is 17.3 Å². The first kappa shape index (κ1) is 16.8. The van der Waals surface area contributed by atoms with Crippen molar-refractivity contribution < 1.29 is 17.9 Å². The lowest BCUT2D eigenvalue weighted by Gasteiger charge is -2.13. The number of amides is 1.